The lowest BCUT2D eigenvalue weighted by molar-refractivity contribution is -0.248. The zero-order valence-corrected chi connectivity index (χ0v) is 19.5. The molecular weight excluding hydrogens is 486 g/mol. The molecule has 1 heterocycles. The number of Topliss-reactive ketones (excluding diaryl/α,β-unsaturated/α-hetero) is 1. The van der Waals surface area contributed by atoms with E-state index in [1.54, 1.807) is 37.3 Å². The maximum Gasteiger partial charge on any atom is 0.432 e. The summed E-state index contributed by atoms with van der Waals surface area (Å²) in [5.74, 6) is 0.110. The van der Waals surface area contributed by atoms with Crippen LogP contribution in [0.3, 0.4) is 0 Å². The van der Waals surface area contributed by atoms with Crippen molar-refractivity contribution in [1.82, 2.24) is 0 Å². The van der Waals surface area contributed by atoms with Crippen LogP contribution in [0, 0.1) is 11.3 Å². The monoisotopic (exact) mass is 503 g/mol. The molecular formula is C26H18Cl2F3NO2. The Balaban J connectivity index is 1.75. The van der Waals surface area contributed by atoms with E-state index < -0.39 is 18.2 Å². The predicted octanol–water partition coefficient (Wildman–Crippen LogP) is 7.45. The van der Waals surface area contributed by atoms with Gasteiger partial charge in [-0.3, -0.25) is 4.79 Å². The molecule has 0 aromatic heterocycles. The molecule has 8 heteroatoms. The van der Waals surface area contributed by atoms with Crippen molar-refractivity contribution in [2.45, 2.75) is 38.0 Å². The average Bonchev–Trinajstić information content (AvgIpc) is 3.19. The molecule has 0 radical (unpaired) electrons. The van der Waals surface area contributed by atoms with E-state index in [4.69, 9.17) is 27.9 Å². The fourth-order valence-electron chi connectivity index (χ4n) is 4.12. The molecule has 0 N–H and O–H groups in total. The molecule has 174 valence electrons. The third-order valence-electron chi connectivity index (χ3n) is 5.91. The Bertz CT molecular complexity index is 1310. The second-order valence-electron chi connectivity index (χ2n) is 8.14. The first-order valence-electron chi connectivity index (χ1n) is 10.5. The Labute approximate surface area is 204 Å². The Hall–Kier alpha value is -3.01. The van der Waals surface area contributed by atoms with Crippen LogP contribution in [0.25, 0.3) is 11.1 Å². The molecule has 34 heavy (non-hydrogen) atoms. The van der Waals surface area contributed by atoms with Crippen molar-refractivity contribution in [3.8, 4) is 22.9 Å². The number of carbonyl (C=O) groups is 1. The normalized spacial score (nSPS) is 17.1. The lowest BCUT2D eigenvalue weighted by Crippen LogP contribution is -2.46. The van der Waals surface area contributed by atoms with E-state index in [1.807, 2.05) is 0 Å². The van der Waals surface area contributed by atoms with E-state index in [-0.39, 0.29) is 33.6 Å². The highest BCUT2D eigenvalue weighted by Gasteiger charge is 2.61. The first-order valence-corrected chi connectivity index (χ1v) is 11.2. The van der Waals surface area contributed by atoms with Gasteiger partial charge in [-0.15, -0.1) is 0 Å². The first-order chi connectivity index (χ1) is 16.1. The van der Waals surface area contributed by atoms with Gasteiger partial charge in [0.15, 0.2) is 0 Å². The average molecular weight is 504 g/mol. The van der Waals surface area contributed by atoms with Crippen LogP contribution in [0.2, 0.25) is 10.0 Å². The van der Waals surface area contributed by atoms with Gasteiger partial charge in [-0.05, 0) is 64.7 Å². The minimum atomic E-state index is -4.73. The van der Waals surface area contributed by atoms with Crippen LogP contribution in [0.5, 0.6) is 5.75 Å². The molecule has 0 bridgehead atoms. The highest BCUT2D eigenvalue weighted by atomic mass is 35.5. The molecule has 0 saturated heterocycles. The van der Waals surface area contributed by atoms with Crippen LogP contribution in [-0.2, 0) is 23.2 Å². The summed E-state index contributed by atoms with van der Waals surface area (Å²) in [4.78, 5) is 11.9. The van der Waals surface area contributed by atoms with Gasteiger partial charge in [0, 0.05) is 34.9 Å². The maximum atomic E-state index is 14.4. The summed E-state index contributed by atoms with van der Waals surface area (Å²) in [5.41, 5.74) is -0.0948. The molecule has 3 nitrogen and oxygen atoms in total. The van der Waals surface area contributed by atoms with Gasteiger partial charge >= 0.3 is 6.18 Å². The number of benzene rings is 3. The molecule has 0 amide bonds. The van der Waals surface area contributed by atoms with Crippen molar-refractivity contribution in [3.63, 3.8) is 0 Å². The van der Waals surface area contributed by atoms with Gasteiger partial charge in [0.05, 0.1) is 11.6 Å². The summed E-state index contributed by atoms with van der Waals surface area (Å²) < 4.78 is 48.7. The standard InChI is InChI=1S/C26H18Cl2F3NO2/c1-2-23(33)9-18-7-15(3-4-17(18)14-32)16-5-6-24-19(8-16)13-25(34-24,26(29,30)31)20-10-21(27)12-22(28)11-20/h3-8,10-12H,2,9,13H2,1H3. The van der Waals surface area contributed by atoms with E-state index in [9.17, 15) is 23.2 Å². The van der Waals surface area contributed by atoms with Crippen molar-refractivity contribution in [2.24, 2.45) is 0 Å². The SMILES string of the molecule is CCC(=O)Cc1cc(-c2ccc3c(c2)CC(c2cc(Cl)cc(Cl)c2)(C(F)(F)F)O3)ccc1C#N. The van der Waals surface area contributed by atoms with Crippen LogP contribution in [0.4, 0.5) is 13.2 Å². The van der Waals surface area contributed by atoms with Crippen molar-refractivity contribution in [3.05, 3.63) is 86.9 Å². The van der Waals surface area contributed by atoms with Crippen molar-refractivity contribution >= 4 is 29.0 Å². The van der Waals surface area contributed by atoms with Crippen LogP contribution in [0.1, 0.15) is 35.6 Å². The number of nitriles is 1. The molecule has 0 saturated carbocycles. The topological polar surface area (TPSA) is 50.1 Å². The molecule has 1 atom stereocenters. The number of alkyl halides is 3. The molecule has 1 aliphatic heterocycles. The largest absolute Gasteiger partial charge is 0.472 e. The highest BCUT2D eigenvalue weighted by Crippen LogP contribution is 2.52. The van der Waals surface area contributed by atoms with Crippen LogP contribution in [0.15, 0.2) is 54.6 Å². The number of nitrogens with zero attached hydrogens (tertiary/aromatic N) is 1. The van der Waals surface area contributed by atoms with Gasteiger partial charge in [0.25, 0.3) is 0 Å². The highest BCUT2D eigenvalue weighted by molar-refractivity contribution is 6.34. The van der Waals surface area contributed by atoms with Crippen molar-refractivity contribution in [1.29, 1.82) is 5.26 Å². The van der Waals surface area contributed by atoms with E-state index in [2.05, 4.69) is 6.07 Å². The Morgan fingerprint density at radius 3 is 2.32 bits per heavy atom. The molecule has 0 fully saturated rings. The molecule has 3 aromatic carbocycles. The molecule has 4 rings (SSSR count). The van der Waals surface area contributed by atoms with Gasteiger partial charge in [-0.1, -0.05) is 42.3 Å². The minimum Gasteiger partial charge on any atom is -0.472 e. The number of rotatable bonds is 5. The molecule has 1 unspecified atom stereocenters. The van der Waals surface area contributed by atoms with Crippen molar-refractivity contribution < 1.29 is 22.7 Å². The van der Waals surface area contributed by atoms with Gasteiger partial charge in [0.2, 0.25) is 5.60 Å². The van der Waals surface area contributed by atoms with Crippen LogP contribution in [-0.4, -0.2) is 12.0 Å². The second-order valence-corrected chi connectivity index (χ2v) is 9.01. The van der Waals surface area contributed by atoms with Gasteiger partial charge in [0.1, 0.15) is 11.5 Å². The number of ether oxygens (including phenoxy) is 1. The Kier molecular flexibility index (Phi) is 6.37. The number of ketones is 1. The predicted molar refractivity (Wildman–Crippen MR) is 124 cm³/mol. The van der Waals surface area contributed by atoms with Crippen LogP contribution < -0.4 is 4.74 Å². The first kappa shape index (κ1) is 24.1. The molecule has 3 aromatic rings. The fraction of sp³-hybridized carbons (Fsp3) is 0.231. The summed E-state index contributed by atoms with van der Waals surface area (Å²) in [6.45, 7) is 1.75. The third kappa shape index (κ3) is 4.38. The number of hydrogen-bond acceptors (Lipinski definition) is 3. The number of halogens is 5. The second kappa shape index (κ2) is 8.98. The van der Waals surface area contributed by atoms with Crippen LogP contribution >= 0.6 is 23.2 Å². The summed E-state index contributed by atoms with van der Waals surface area (Å²) in [6.07, 6.45) is -4.72. The molecule has 0 aliphatic carbocycles. The summed E-state index contributed by atoms with van der Waals surface area (Å²) >= 11 is 12.0. The summed E-state index contributed by atoms with van der Waals surface area (Å²) in [7, 11) is 0. The molecule has 0 spiro atoms. The third-order valence-corrected chi connectivity index (χ3v) is 6.35. The maximum absolute atomic E-state index is 14.4. The van der Waals surface area contributed by atoms with Crippen molar-refractivity contribution in [2.75, 3.05) is 0 Å². The Morgan fingerprint density at radius 1 is 1.06 bits per heavy atom. The minimum absolute atomic E-state index is 0.00820. The quantitative estimate of drug-likeness (QED) is 0.363. The number of hydrogen-bond donors (Lipinski definition) is 0. The number of carbonyl (C=O) groups excluding carboxylic acids is 1. The van der Waals surface area contributed by atoms with Gasteiger partial charge in [-0.25, -0.2) is 0 Å². The van der Waals surface area contributed by atoms with Gasteiger partial charge in [-0.2, -0.15) is 18.4 Å². The van der Waals surface area contributed by atoms with E-state index in [0.717, 1.165) is 0 Å². The molecule has 1 aliphatic rings. The Morgan fingerprint density at radius 2 is 1.71 bits per heavy atom. The summed E-state index contributed by atoms with van der Waals surface area (Å²) in [6, 6.07) is 15.7. The van der Waals surface area contributed by atoms with Gasteiger partial charge < -0.3 is 4.74 Å². The number of fused-ring (bicyclic) bond motifs is 1. The fourth-order valence-corrected chi connectivity index (χ4v) is 4.65. The zero-order valence-electron chi connectivity index (χ0n) is 18.0. The zero-order chi connectivity index (χ0) is 24.7. The van der Waals surface area contributed by atoms with E-state index in [1.165, 1.54) is 24.3 Å². The lowest BCUT2D eigenvalue weighted by Gasteiger charge is -2.31. The summed E-state index contributed by atoms with van der Waals surface area (Å²) in [5, 5.41) is 9.53. The van der Waals surface area contributed by atoms with E-state index >= 15 is 0 Å². The van der Waals surface area contributed by atoms with E-state index in [0.29, 0.717) is 34.2 Å². The smallest absolute Gasteiger partial charge is 0.432 e. The lowest BCUT2D eigenvalue weighted by atomic mass is 9.87.